The van der Waals surface area contributed by atoms with E-state index >= 15 is 0 Å². The van der Waals surface area contributed by atoms with Gasteiger partial charge in [-0.05, 0) is 69.9 Å². The fourth-order valence-corrected chi connectivity index (χ4v) is 6.32. The predicted octanol–water partition coefficient (Wildman–Crippen LogP) is 3.76. The SMILES string of the molecule is O=C(CN1CCCN(CC2CCCCC2)CC1)N1CCCC2CCCCC21. The number of rotatable bonds is 4. The Hall–Kier alpha value is -0.610. The molecular formula is C23H41N3O. The Balaban J connectivity index is 1.25. The molecular weight excluding hydrogens is 334 g/mol. The van der Waals surface area contributed by atoms with Gasteiger partial charge in [0.15, 0.2) is 0 Å². The van der Waals surface area contributed by atoms with Gasteiger partial charge in [0.1, 0.15) is 0 Å². The van der Waals surface area contributed by atoms with E-state index in [0.717, 1.165) is 38.0 Å². The molecule has 2 saturated heterocycles. The van der Waals surface area contributed by atoms with E-state index in [0.29, 0.717) is 18.5 Å². The molecule has 27 heavy (non-hydrogen) atoms. The monoisotopic (exact) mass is 375 g/mol. The summed E-state index contributed by atoms with van der Waals surface area (Å²) >= 11 is 0. The molecule has 2 aliphatic carbocycles. The van der Waals surface area contributed by atoms with Crippen molar-refractivity contribution in [2.45, 2.75) is 83.1 Å². The summed E-state index contributed by atoms with van der Waals surface area (Å²) in [4.78, 5) is 20.5. The number of nitrogens with zero attached hydrogens (tertiary/aromatic N) is 3. The van der Waals surface area contributed by atoms with Crippen molar-refractivity contribution >= 4 is 5.91 Å². The Labute approximate surface area is 166 Å². The van der Waals surface area contributed by atoms with Gasteiger partial charge in [-0.1, -0.05) is 32.1 Å². The van der Waals surface area contributed by atoms with Crippen LogP contribution in [0.1, 0.15) is 77.0 Å². The van der Waals surface area contributed by atoms with Gasteiger partial charge in [0.25, 0.3) is 0 Å². The molecule has 4 heteroatoms. The number of carbonyl (C=O) groups excluding carboxylic acids is 1. The molecule has 4 nitrogen and oxygen atoms in total. The van der Waals surface area contributed by atoms with Crippen molar-refractivity contribution < 1.29 is 4.79 Å². The second-order valence-corrected chi connectivity index (χ2v) is 9.78. The van der Waals surface area contributed by atoms with Crippen molar-refractivity contribution in [1.29, 1.82) is 0 Å². The third-order valence-corrected chi connectivity index (χ3v) is 7.84. The first-order valence-electron chi connectivity index (χ1n) is 12.0. The third kappa shape index (κ3) is 5.26. The zero-order valence-corrected chi connectivity index (χ0v) is 17.4. The van der Waals surface area contributed by atoms with Crippen LogP contribution in [0.25, 0.3) is 0 Å². The minimum absolute atomic E-state index is 0.423. The summed E-state index contributed by atoms with van der Waals surface area (Å²) in [5.74, 6) is 2.16. The van der Waals surface area contributed by atoms with Gasteiger partial charge in [-0.25, -0.2) is 0 Å². The lowest BCUT2D eigenvalue weighted by Gasteiger charge is -2.44. The van der Waals surface area contributed by atoms with Gasteiger partial charge in [-0.15, -0.1) is 0 Å². The van der Waals surface area contributed by atoms with E-state index in [9.17, 15) is 4.79 Å². The van der Waals surface area contributed by atoms with Crippen molar-refractivity contribution in [3.8, 4) is 0 Å². The summed E-state index contributed by atoms with van der Waals surface area (Å²) in [6.45, 7) is 7.57. The Morgan fingerprint density at radius 2 is 1.37 bits per heavy atom. The average molecular weight is 376 g/mol. The predicted molar refractivity (Wildman–Crippen MR) is 111 cm³/mol. The van der Waals surface area contributed by atoms with Crippen molar-refractivity contribution in [3.05, 3.63) is 0 Å². The van der Waals surface area contributed by atoms with Gasteiger partial charge in [-0.2, -0.15) is 0 Å². The molecule has 0 N–H and O–H groups in total. The lowest BCUT2D eigenvalue weighted by Crippen LogP contribution is -2.52. The first-order chi connectivity index (χ1) is 13.3. The molecule has 0 aromatic carbocycles. The van der Waals surface area contributed by atoms with Gasteiger partial charge < -0.3 is 9.80 Å². The van der Waals surface area contributed by atoms with E-state index in [4.69, 9.17) is 0 Å². The summed E-state index contributed by atoms with van der Waals surface area (Å²) in [5, 5.41) is 0. The Morgan fingerprint density at radius 3 is 2.26 bits per heavy atom. The molecule has 1 amide bonds. The van der Waals surface area contributed by atoms with Crippen LogP contribution in [0.5, 0.6) is 0 Å². The molecule has 4 rings (SSSR count). The second kappa shape index (κ2) is 9.73. The molecule has 2 aliphatic heterocycles. The highest BCUT2D eigenvalue weighted by atomic mass is 16.2. The molecule has 2 heterocycles. The maximum Gasteiger partial charge on any atom is 0.237 e. The molecule has 4 fully saturated rings. The minimum atomic E-state index is 0.423. The standard InChI is InChI=1S/C23H41N3O/c27-23(26-15-6-11-21-10-4-5-12-22(21)26)19-25-14-7-13-24(16-17-25)18-20-8-2-1-3-9-20/h20-22H,1-19H2. The van der Waals surface area contributed by atoms with Crippen LogP contribution in [0.2, 0.25) is 0 Å². The average Bonchev–Trinajstić information content (AvgIpc) is 2.93. The van der Waals surface area contributed by atoms with Gasteiger partial charge in [-0.3, -0.25) is 9.69 Å². The zero-order valence-electron chi connectivity index (χ0n) is 17.4. The highest BCUT2D eigenvalue weighted by Gasteiger charge is 2.36. The van der Waals surface area contributed by atoms with Crippen LogP contribution in [0, 0.1) is 11.8 Å². The number of piperidine rings is 1. The molecule has 2 atom stereocenters. The Morgan fingerprint density at radius 1 is 0.667 bits per heavy atom. The lowest BCUT2D eigenvalue weighted by atomic mass is 9.78. The maximum absolute atomic E-state index is 13.1. The van der Waals surface area contributed by atoms with Crippen LogP contribution in [-0.4, -0.2) is 72.5 Å². The number of likely N-dealkylation sites (tertiary alicyclic amines) is 1. The molecule has 0 aromatic heterocycles. The van der Waals surface area contributed by atoms with Crippen LogP contribution in [0.15, 0.2) is 0 Å². The van der Waals surface area contributed by atoms with E-state index in [1.54, 1.807) is 0 Å². The fraction of sp³-hybridized carbons (Fsp3) is 0.957. The Kier molecular flexibility index (Phi) is 7.10. The molecule has 0 bridgehead atoms. The molecule has 154 valence electrons. The molecule has 0 aromatic rings. The van der Waals surface area contributed by atoms with Gasteiger partial charge in [0, 0.05) is 32.2 Å². The topological polar surface area (TPSA) is 26.8 Å². The van der Waals surface area contributed by atoms with E-state index in [-0.39, 0.29) is 0 Å². The summed E-state index contributed by atoms with van der Waals surface area (Å²) in [6.07, 6.45) is 16.3. The fourth-order valence-electron chi connectivity index (χ4n) is 6.32. The quantitative estimate of drug-likeness (QED) is 0.749. The Bertz CT molecular complexity index is 474. The van der Waals surface area contributed by atoms with E-state index in [2.05, 4.69) is 14.7 Å². The highest BCUT2D eigenvalue weighted by Crippen LogP contribution is 2.35. The van der Waals surface area contributed by atoms with E-state index < -0.39 is 0 Å². The van der Waals surface area contributed by atoms with Gasteiger partial charge in [0.2, 0.25) is 5.91 Å². The van der Waals surface area contributed by atoms with E-state index in [1.807, 2.05) is 0 Å². The summed E-state index contributed by atoms with van der Waals surface area (Å²) in [5.41, 5.74) is 0. The first-order valence-corrected chi connectivity index (χ1v) is 12.0. The number of carbonyl (C=O) groups is 1. The van der Waals surface area contributed by atoms with Crippen molar-refractivity contribution in [2.24, 2.45) is 11.8 Å². The van der Waals surface area contributed by atoms with E-state index in [1.165, 1.54) is 90.1 Å². The number of amides is 1. The largest absolute Gasteiger partial charge is 0.338 e. The zero-order chi connectivity index (χ0) is 18.5. The van der Waals surface area contributed by atoms with Crippen LogP contribution >= 0.6 is 0 Å². The summed E-state index contributed by atoms with van der Waals surface area (Å²) in [6, 6.07) is 0.565. The molecule has 4 aliphatic rings. The molecule has 2 unspecified atom stereocenters. The van der Waals surface area contributed by atoms with Gasteiger partial charge in [0.05, 0.1) is 6.54 Å². The van der Waals surface area contributed by atoms with Crippen molar-refractivity contribution in [2.75, 3.05) is 45.8 Å². The second-order valence-electron chi connectivity index (χ2n) is 9.78. The van der Waals surface area contributed by atoms with Crippen molar-refractivity contribution in [3.63, 3.8) is 0 Å². The highest BCUT2D eigenvalue weighted by molar-refractivity contribution is 5.78. The molecule has 2 saturated carbocycles. The lowest BCUT2D eigenvalue weighted by molar-refractivity contribution is -0.138. The number of hydrogen-bond donors (Lipinski definition) is 0. The van der Waals surface area contributed by atoms with Crippen molar-refractivity contribution in [1.82, 2.24) is 14.7 Å². The van der Waals surface area contributed by atoms with Crippen LogP contribution in [0.4, 0.5) is 0 Å². The van der Waals surface area contributed by atoms with Crippen LogP contribution < -0.4 is 0 Å². The van der Waals surface area contributed by atoms with Crippen LogP contribution in [0.3, 0.4) is 0 Å². The number of fused-ring (bicyclic) bond motifs is 1. The smallest absolute Gasteiger partial charge is 0.237 e. The molecule has 0 radical (unpaired) electrons. The van der Waals surface area contributed by atoms with Gasteiger partial charge >= 0.3 is 0 Å². The van der Waals surface area contributed by atoms with Crippen LogP contribution in [-0.2, 0) is 4.79 Å². The summed E-state index contributed by atoms with van der Waals surface area (Å²) in [7, 11) is 0. The minimum Gasteiger partial charge on any atom is -0.338 e. The first kappa shape index (κ1) is 19.7. The number of hydrogen-bond acceptors (Lipinski definition) is 3. The molecule has 0 spiro atoms. The maximum atomic E-state index is 13.1. The third-order valence-electron chi connectivity index (χ3n) is 7.84. The normalized spacial score (nSPS) is 32.1. The summed E-state index contributed by atoms with van der Waals surface area (Å²) < 4.78 is 0.